The van der Waals surface area contributed by atoms with Crippen LogP contribution in [0.25, 0.3) is 0 Å². The summed E-state index contributed by atoms with van der Waals surface area (Å²) in [5, 5.41) is 0.741. The highest BCUT2D eigenvalue weighted by Gasteiger charge is 2.23. The number of benzene rings is 1. The molecule has 2 nitrogen and oxygen atoms in total. The van der Waals surface area contributed by atoms with E-state index >= 15 is 0 Å². The summed E-state index contributed by atoms with van der Waals surface area (Å²) in [5.74, 6) is 0. The van der Waals surface area contributed by atoms with Gasteiger partial charge in [0.1, 0.15) is 4.99 Å². The minimum atomic E-state index is 0.446. The molecule has 1 saturated heterocycles. The SMILES string of the molecule is CCC1CCCCN1c1cc(Cl)ccc1C(N)=S. The molecule has 0 aliphatic carbocycles. The van der Waals surface area contributed by atoms with Crippen LogP contribution in [-0.2, 0) is 0 Å². The molecule has 1 aliphatic rings. The summed E-state index contributed by atoms with van der Waals surface area (Å²) in [7, 11) is 0. The quantitative estimate of drug-likeness (QED) is 0.857. The molecule has 1 aliphatic heterocycles. The first-order valence-electron chi connectivity index (χ1n) is 6.49. The minimum absolute atomic E-state index is 0.446. The fourth-order valence-corrected chi connectivity index (χ4v) is 3.03. The standard InChI is InChI=1S/C14H19ClN2S/c1-2-11-5-3-4-8-17(11)13-9-10(15)6-7-12(13)14(16)18/h6-7,9,11H,2-5,8H2,1H3,(H2,16,18). The molecule has 1 aromatic carbocycles. The lowest BCUT2D eigenvalue weighted by atomic mass is 9.98. The fraction of sp³-hybridized carbons (Fsp3) is 0.500. The van der Waals surface area contributed by atoms with E-state index in [2.05, 4.69) is 11.8 Å². The van der Waals surface area contributed by atoms with Crippen molar-refractivity contribution < 1.29 is 0 Å². The molecule has 0 spiro atoms. The van der Waals surface area contributed by atoms with Gasteiger partial charge in [0, 0.05) is 28.9 Å². The van der Waals surface area contributed by atoms with E-state index in [0.29, 0.717) is 11.0 Å². The molecule has 0 aromatic heterocycles. The van der Waals surface area contributed by atoms with Crippen molar-refractivity contribution in [3.63, 3.8) is 0 Å². The van der Waals surface area contributed by atoms with Crippen LogP contribution in [0.1, 0.15) is 38.2 Å². The zero-order valence-electron chi connectivity index (χ0n) is 10.7. The van der Waals surface area contributed by atoms with Gasteiger partial charge < -0.3 is 10.6 Å². The maximum absolute atomic E-state index is 6.12. The Kier molecular flexibility index (Phi) is 4.46. The first kappa shape index (κ1) is 13.6. The summed E-state index contributed by atoms with van der Waals surface area (Å²) in [5.41, 5.74) is 7.86. The van der Waals surface area contributed by atoms with Crippen molar-refractivity contribution in [3.8, 4) is 0 Å². The van der Waals surface area contributed by atoms with E-state index in [1.54, 1.807) is 0 Å². The monoisotopic (exact) mass is 282 g/mol. The summed E-state index contributed by atoms with van der Waals surface area (Å²) >= 11 is 11.3. The van der Waals surface area contributed by atoms with Crippen molar-refractivity contribution >= 4 is 34.5 Å². The summed E-state index contributed by atoms with van der Waals surface area (Å²) < 4.78 is 0. The van der Waals surface area contributed by atoms with Gasteiger partial charge in [-0.3, -0.25) is 0 Å². The van der Waals surface area contributed by atoms with Crippen molar-refractivity contribution in [1.82, 2.24) is 0 Å². The van der Waals surface area contributed by atoms with Gasteiger partial charge in [-0.1, -0.05) is 30.7 Å². The maximum Gasteiger partial charge on any atom is 0.106 e. The average Bonchev–Trinajstić information content (AvgIpc) is 2.38. The second-order valence-electron chi connectivity index (χ2n) is 4.78. The number of halogens is 1. The summed E-state index contributed by atoms with van der Waals surface area (Å²) in [6.07, 6.45) is 4.90. The highest BCUT2D eigenvalue weighted by molar-refractivity contribution is 7.80. The smallest absolute Gasteiger partial charge is 0.106 e. The Bertz CT molecular complexity index is 447. The number of rotatable bonds is 3. The fourth-order valence-electron chi connectivity index (χ4n) is 2.69. The number of hydrogen-bond acceptors (Lipinski definition) is 2. The van der Waals surface area contributed by atoms with Crippen molar-refractivity contribution in [1.29, 1.82) is 0 Å². The van der Waals surface area contributed by atoms with Gasteiger partial charge in [0.25, 0.3) is 0 Å². The van der Waals surface area contributed by atoms with Crippen LogP contribution in [0.4, 0.5) is 5.69 Å². The third-order valence-electron chi connectivity index (χ3n) is 3.63. The molecule has 0 radical (unpaired) electrons. The molecule has 2 rings (SSSR count). The third kappa shape index (κ3) is 2.78. The van der Waals surface area contributed by atoms with Crippen LogP contribution in [-0.4, -0.2) is 17.6 Å². The summed E-state index contributed by atoms with van der Waals surface area (Å²) in [4.78, 5) is 2.87. The van der Waals surface area contributed by atoms with Gasteiger partial charge in [0.15, 0.2) is 0 Å². The molecule has 1 heterocycles. The predicted octanol–water partition coefficient (Wildman–Crippen LogP) is 3.74. The van der Waals surface area contributed by atoms with Crippen molar-refractivity contribution in [2.75, 3.05) is 11.4 Å². The van der Waals surface area contributed by atoms with Crippen LogP contribution >= 0.6 is 23.8 Å². The Labute approximate surface area is 119 Å². The molecule has 0 bridgehead atoms. The van der Waals surface area contributed by atoms with Crippen molar-refractivity contribution in [3.05, 3.63) is 28.8 Å². The van der Waals surface area contributed by atoms with E-state index < -0.39 is 0 Å². The Morgan fingerprint density at radius 3 is 2.94 bits per heavy atom. The van der Waals surface area contributed by atoms with Crippen LogP contribution in [0.3, 0.4) is 0 Å². The first-order valence-corrected chi connectivity index (χ1v) is 7.28. The highest BCUT2D eigenvalue weighted by Crippen LogP contribution is 2.31. The molecule has 1 atom stereocenters. The zero-order chi connectivity index (χ0) is 13.1. The highest BCUT2D eigenvalue weighted by atomic mass is 35.5. The molecule has 2 N–H and O–H groups in total. The summed E-state index contributed by atoms with van der Waals surface area (Å²) in [6.45, 7) is 3.29. The third-order valence-corrected chi connectivity index (χ3v) is 4.09. The zero-order valence-corrected chi connectivity index (χ0v) is 12.2. The largest absolute Gasteiger partial charge is 0.389 e. The van der Waals surface area contributed by atoms with E-state index in [-0.39, 0.29) is 0 Å². The van der Waals surface area contributed by atoms with Gasteiger partial charge in [-0.25, -0.2) is 0 Å². The van der Waals surface area contributed by atoms with Crippen LogP contribution in [0.5, 0.6) is 0 Å². The van der Waals surface area contributed by atoms with Crippen molar-refractivity contribution in [2.45, 2.75) is 38.6 Å². The molecule has 1 fully saturated rings. The average molecular weight is 283 g/mol. The Morgan fingerprint density at radius 2 is 2.28 bits per heavy atom. The van der Waals surface area contributed by atoms with Crippen LogP contribution in [0.15, 0.2) is 18.2 Å². The van der Waals surface area contributed by atoms with Gasteiger partial charge >= 0.3 is 0 Å². The van der Waals surface area contributed by atoms with Gasteiger partial charge in [-0.05, 0) is 43.9 Å². The van der Waals surface area contributed by atoms with Gasteiger partial charge in [0.2, 0.25) is 0 Å². The van der Waals surface area contributed by atoms with Crippen molar-refractivity contribution in [2.24, 2.45) is 5.73 Å². The topological polar surface area (TPSA) is 29.3 Å². The Hall–Kier alpha value is -0.800. The van der Waals surface area contributed by atoms with Crippen LogP contribution < -0.4 is 10.6 Å². The van der Waals surface area contributed by atoms with E-state index in [9.17, 15) is 0 Å². The number of anilines is 1. The lowest BCUT2D eigenvalue weighted by Gasteiger charge is -2.38. The molecular formula is C14H19ClN2S. The van der Waals surface area contributed by atoms with Gasteiger partial charge in [0.05, 0.1) is 0 Å². The predicted molar refractivity (Wildman–Crippen MR) is 82.6 cm³/mol. The molecule has 0 saturated carbocycles. The number of piperidine rings is 1. The van der Waals surface area contributed by atoms with E-state index in [0.717, 1.165) is 29.2 Å². The van der Waals surface area contributed by atoms with Gasteiger partial charge in [-0.2, -0.15) is 0 Å². The molecule has 0 amide bonds. The number of hydrogen-bond donors (Lipinski definition) is 1. The minimum Gasteiger partial charge on any atom is -0.389 e. The number of thiocarbonyl (C=S) groups is 1. The lowest BCUT2D eigenvalue weighted by Crippen LogP contribution is -2.40. The van der Waals surface area contributed by atoms with Gasteiger partial charge in [-0.15, -0.1) is 0 Å². The molecule has 4 heteroatoms. The maximum atomic E-state index is 6.12. The Balaban J connectivity index is 2.41. The molecule has 98 valence electrons. The van der Waals surface area contributed by atoms with E-state index in [1.165, 1.54) is 19.3 Å². The number of nitrogens with two attached hydrogens (primary N) is 1. The molecule has 1 unspecified atom stereocenters. The Morgan fingerprint density at radius 1 is 1.50 bits per heavy atom. The van der Waals surface area contributed by atoms with E-state index in [4.69, 9.17) is 29.6 Å². The lowest BCUT2D eigenvalue weighted by molar-refractivity contribution is 0.450. The first-order chi connectivity index (χ1) is 8.63. The van der Waals surface area contributed by atoms with Crippen LogP contribution in [0, 0.1) is 0 Å². The molecule has 18 heavy (non-hydrogen) atoms. The summed E-state index contributed by atoms with van der Waals surface area (Å²) in [6, 6.07) is 6.35. The number of nitrogens with zero attached hydrogens (tertiary/aromatic N) is 1. The second-order valence-corrected chi connectivity index (χ2v) is 5.65. The molecule has 1 aromatic rings. The second kappa shape index (κ2) is 5.89. The van der Waals surface area contributed by atoms with Crippen LogP contribution in [0.2, 0.25) is 5.02 Å². The normalized spacial score (nSPS) is 19.9. The molecular weight excluding hydrogens is 264 g/mol. The van der Waals surface area contributed by atoms with E-state index in [1.807, 2.05) is 18.2 Å².